The lowest BCUT2D eigenvalue weighted by atomic mass is 9.78. The monoisotopic (exact) mass is 457 g/mol. The Bertz CT molecular complexity index is 1010. The summed E-state index contributed by atoms with van der Waals surface area (Å²) in [6.07, 6.45) is 4.27. The van der Waals surface area contributed by atoms with Crippen LogP contribution < -0.4 is 10.0 Å². The number of carboxylic acids is 1. The summed E-state index contributed by atoms with van der Waals surface area (Å²) < 4.78 is 13.2. The van der Waals surface area contributed by atoms with Crippen molar-refractivity contribution in [2.45, 2.75) is 57.4 Å². The van der Waals surface area contributed by atoms with Gasteiger partial charge in [-0.25, -0.2) is 9.37 Å². The molecule has 0 atom stereocenters. The molecule has 0 unspecified atom stereocenters. The van der Waals surface area contributed by atoms with Gasteiger partial charge in [0.2, 0.25) is 0 Å². The fourth-order valence-corrected chi connectivity index (χ4v) is 6.13. The maximum Gasteiger partial charge on any atom is 0.185 e. The Morgan fingerprint density at radius 1 is 1.13 bits per heavy atom. The first-order valence-electron chi connectivity index (χ1n) is 10.7. The zero-order valence-corrected chi connectivity index (χ0v) is 19.2. The van der Waals surface area contributed by atoms with Crippen LogP contribution in [0.1, 0.15) is 65.0 Å². The highest BCUT2D eigenvalue weighted by Gasteiger charge is 2.26. The van der Waals surface area contributed by atoms with Crippen LogP contribution in [0.4, 0.5) is 9.52 Å². The molecule has 1 aliphatic rings. The lowest BCUT2D eigenvalue weighted by molar-refractivity contribution is -0.305. The molecule has 0 radical (unpaired) electrons. The molecule has 1 saturated carbocycles. The van der Waals surface area contributed by atoms with Crippen molar-refractivity contribution in [3.05, 3.63) is 68.6 Å². The van der Waals surface area contributed by atoms with E-state index in [1.165, 1.54) is 15.3 Å². The number of carbonyl (C=O) groups excluding carboxylic acids is 1. The number of hydrogen-bond acceptors (Lipinski definition) is 6. The number of aromatic nitrogens is 1. The molecule has 0 amide bonds. The third-order valence-electron chi connectivity index (χ3n) is 6.00. The van der Waals surface area contributed by atoms with Crippen molar-refractivity contribution in [1.82, 2.24) is 4.98 Å². The summed E-state index contributed by atoms with van der Waals surface area (Å²) in [7, 11) is 0. The molecular formula is C24H26FN2O2S2-. The Morgan fingerprint density at radius 3 is 2.48 bits per heavy atom. The highest BCUT2D eigenvalue weighted by atomic mass is 32.1. The number of nitrogens with zero attached hydrogens (tertiary/aromatic N) is 2. The number of anilines is 1. The second kappa shape index (κ2) is 9.92. The minimum atomic E-state index is -1.04. The standard InChI is InChI=1S/C24H27FN2O2S2/c1-16-2-11-21(31-16)14-27(13-12-23(28)29)24-26-22(15-30-24)19-5-3-17(4-6-19)18-7-9-20(25)10-8-18/h2,7-11,15,17,19H,3-6,12-14H2,1H3,(H,28,29)/p-1. The maximum absolute atomic E-state index is 13.2. The Kier molecular flexibility index (Phi) is 7.02. The van der Waals surface area contributed by atoms with Crippen LogP contribution in [-0.4, -0.2) is 17.5 Å². The van der Waals surface area contributed by atoms with Gasteiger partial charge in [-0.05, 0) is 68.4 Å². The summed E-state index contributed by atoms with van der Waals surface area (Å²) >= 11 is 3.32. The summed E-state index contributed by atoms with van der Waals surface area (Å²) in [4.78, 5) is 20.4. The average Bonchev–Trinajstić information content (AvgIpc) is 3.41. The van der Waals surface area contributed by atoms with E-state index >= 15 is 0 Å². The molecule has 1 aliphatic carbocycles. The predicted octanol–water partition coefficient (Wildman–Crippen LogP) is 5.24. The van der Waals surface area contributed by atoms with Crippen LogP contribution in [0.15, 0.2) is 41.8 Å². The zero-order chi connectivity index (χ0) is 21.8. The normalized spacial score (nSPS) is 18.8. The first-order chi connectivity index (χ1) is 15.0. The van der Waals surface area contributed by atoms with Gasteiger partial charge in [-0.2, -0.15) is 0 Å². The largest absolute Gasteiger partial charge is 0.550 e. The smallest absolute Gasteiger partial charge is 0.185 e. The van der Waals surface area contributed by atoms with E-state index in [9.17, 15) is 14.3 Å². The van der Waals surface area contributed by atoms with Gasteiger partial charge in [-0.3, -0.25) is 0 Å². The first-order valence-corrected chi connectivity index (χ1v) is 12.4. The molecule has 0 aliphatic heterocycles. The Morgan fingerprint density at radius 2 is 1.84 bits per heavy atom. The summed E-state index contributed by atoms with van der Waals surface area (Å²) in [5, 5.41) is 14.0. The summed E-state index contributed by atoms with van der Waals surface area (Å²) in [6, 6.07) is 11.1. The van der Waals surface area contributed by atoms with Crippen molar-refractivity contribution in [3.8, 4) is 0 Å². The number of halogens is 1. The number of aryl methyl sites for hydroxylation is 1. The number of carbonyl (C=O) groups is 1. The maximum atomic E-state index is 13.2. The van der Waals surface area contributed by atoms with Gasteiger partial charge in [-0.15, -0.1) is 22.7 Å². The summed E-state index contributed by atoms with van der Waals surface area (Å²) in [6.45, 7) is 3.13. The Balaban J connectivity index is 1.41. The van der Waals surface area contributed by atoms with Crippen molar-refractivity contribution in [3.63, 3.8) is 0 Å². The van der Waals surface area contributed by atoms with E-state index in [2.05, 4.69) is 29.3 Å². The van der Waals surface area contributed by atoms with E-state index in [0.29, 0.717) is 24.9 Å². The van der Waals surface area contributed by atoms with Gasteiger partial charge in [0.25, 0.3) is 0 Å². The van der Waals surface area contributed by atoms with Gasteiger partial charge in [0.15, 0.2) is 5.13 Å². The van der Waals surface area contributed by atoms with Crippen molar-refractivity contribution in [2.24, 2.45) is 0 Å². The zero-order valence-electron chi connectivity index (χ0n) is 17.6. The Hall–Kier alpha value is -2.25. The SMILES string of the molecule is Cc1ccc(CN(CCC(=O)[O-])c2nc(C3CCC(c4ccc(F)cc4)CC3)cs2)s1. The second-order valence-electron chi connectivity index (χ2n) is 8.21. The van der Waals surface area contributed by atoms with Gasteiger partial charge < -0.3 is 14.8 Å². The number of thiophene rings is 1. The van der Waals surface area contributed by atoms with Gasteiger partial charge in [0.1, 0.15) is 5.82 Å². The summed E-state index contributed by atoms with van der Waals surface area (Å²) in [5.74, 6) is -0.318. The minimum Gasteiger partial charge on any atom is -0.550 e. The predicted molar refractivity (Wildman–Crippen MR) is 122 cm³/mol. The lowest BCUT2D eigenvalue weighted by Gasteiger charge is -2.28. The van der Waals surface area contributed by atoms with Crippen LogP contribution in [0.2, 0.25) is 0 Å². The Labute approximate surface area is 190 Å². The van der Waals surface area contributed by atoms with Crippen LogP contribution in [0, 0.1) is 12.7 Å². The highest BCUT2D eigenvalue weighted by molar-refractivity contribution is 7.14. The van der Waals surface area contributed by atoms with E-state index in [1.807, 2.05) is 12.1 Å². The number of aliphatic carboxylic acids is 1. The van der Waals surface area contributed by atoms with Crippen LogP contribution in [0.5, 0.6) is 0 Å². The van der Waals surface area contributed by atoms with E-state index in [4.69, 9.17) is 4.98 Å². The fraction of sp³-hybridized carbons (Fsp3) is 0.417. The molecule has 0 N–H and O–H groups in total. The molecule has 1 aromatic carbocycles. The molecule has 0 saturated heterocycles. The number of rotatable bonds is 8. The molecule has 4 nitrogen and oxygen atoms in total. The molecule has 164 valence electrons. The lowest BCUT2D eigenvalue weighted by Crippen LogP contribution is -2.30. The van der Waals surface area contributed by atoms with Crippen molar-refractivity contribution < 1.29 is 14.3 Å². The number of thiazole rings is 1. The van der Waals surface area contributed by atoms with E-state index in [-0.39, 0.29) is 12.2 Å². The number of carboxylic acid groups (broad SMARTS) is 1. The number of hydrogen-bond donors (Lipinski definition) is 0. The fourth-order valence-electron chi connectivity index (χ4n) is 4.29. The molecule has 3 aromatic rings. The van der Waals surface area contributed by atoms with Crippen LogP contribution in [0.3, 0.4) is 0 Å². The molecule has 7 heteroatoms. The summed E-state index contributed by atoms with van der Waals surface area (Å²) in [5.41, 5.74) is 2.33. The molecule has 0 bridgehead atoms. The van der Waals surface area contributed by atoms with Crippen LogP contribution in [0.25, 0.3) is 0 Å². The third kappa shape index (κ3) is 5.71. The topological polar surface area (TPSA) is 56.3 Å². The van der Waals surface area contributed by atoms with Crippen molar-refractivity contribution in [1.29, 1.82) is 0 Å². The van der Waals surface area contributed by atoms with Crippen molar-refractivity contribution in [2.75, 3.05) is 11.4 Å². The van der Waals surface area contributed by atoms with E-state index in [0.717, 1.165) is 36.5 Å². The number of benzene rings is 1. The first kappa shape index (κ1) is 22.0. The van der Waals surface area contributed by atoms with E-state index < -0.39 is 5.97 Å². The average molecular weight is 458 g/mol. The minimum absolute atomic E-state index is 0.0119. The van der Waals surface area contributed by atoms with Crippen LogP contribution >= 0.6 is 22.7 Å². The quantitative estimate of drug-likeness (QED) is 0.464. The molecule has 4 rings (SSSR count). The third-order valence-corrected chi connectivity index (χ3v) is 7.90. The van der Waals surface area contributed by atoms with Crippen LogP contribution in [-0.2, 0) is 11.3 Å². The molecule has 31 heavy (non-hydrogen) atoms. The molecule has 1 fully saturated rings. The van der Waals surface area contributed by atoms with Gasteiger partial charge in [0, 0.05) is 40.0 Å². The van der Waals surface area contributed by atoms with Gasteiger partial charge in [-0.1, -0.05) is 12.1 Å². The molecule has 2 aromatic heterocycles. The molecular weight excluding hydrogens is 431 g/mol. The highest BCUT2D eigenvalue weighted by Crippen LogP contribution is 2.41. The van der Waals surface area contributed by atoms with Gasteiger partial charge >= 0.3 is 0 Å². The second-order valence-corrected chi connectivity index (χ2v) is 10.4. The van der Waals surface area contributed by atoms with E-state index in [1.54, 1.807) is 34.8 Å². The van der Waals surface area contributed by atoms with Crippen molar-refractivity contribution >= 4 is 33.8 Å². The van der Waals surface area contributed by atoms with Gasteiger partial charge in [0.05, 0.1) is 12.2 Å². The molecule has 2 heterocycles. The molecule has 0 spiro atoms.